The fourth-order valence-electron chi connectivity index (χ4n) is 2.73. The van der Waals surface area contributed by atoms with E-state index in [2.05, 4.69) is 6.92 Å². The summed E-state index contributed by atoms with van der Waals surface area (Å²) in [6.45, 7) is 4.08. The summed E-state index contributed by atoms with van der Waals surface area (Å²) in [5.74, 6) is 0. The Kier molecular flexibility index (Phi) is 6.88. The Hall–Kier alpha value is -0.390. The van der Waals surface area contributed by atoms with E-state index in [-0.39, 0.29) is 34.5 Å². The normalized spacial score (nSPS) is 11.4. The van der Waals surface area contributed by atoms with Gasteiger partial charge in [0.05, 0.1) is 4.90 Å². The van der Waals surface area contributed by atoms with Crippen LogP contribution < -0.4 is 29.6 Å². The molecule has 0 heterocycles. The number of benzene rings is 2. The van der Waals surface area contributed by atoms with E-state index >= 15 is 0 Å². The standard InChI is InChI=1S/C16H20O3S.Na/c1-3-6-12-8-5-9-13-10-11-15(20(17,18)19)14(7-4-2)16(12)13;/h5,8-11H,3-4,6-7H2,1-2H3,(H,17,18,19);/q;+1/p-1. The van der Waals surface area contributed by atoms with Crippen LogP contribution in [0.2, 0.25) is 0 Å². The molecule has 5 heteroatoms. The minimum absolute atomic E-state index is 0. The summed E-state index contributed by atoms with van der Waals surface area (Å²) >= 11 is 0. The van der Waals surface area contributed by atoms with E-state index in [9.17, 15) is 13.0 Å². The molecule has 2 rings (SSSR count). The monoisotopic (exact) mass is 314 g/mol. The summed E-state index contributed by atoms with van der Waals surface area (Å²) < 4.78 is 34.5. The fourth-order valence-corrected chi connectivity index (χ4v) is 3.47. The Bertz CT molecular complexity index is 724. The molecule has 0 spiro atoms. The van der Waals surface area contributed by atoms with Crippen molar-refractivity contribution in [3.63, 3.8) is 0 Å². The molecule has 0 unspecified atom stereocenters. The number of hydrogen-bond acceptors (Lipinski definition) is 3. The van der Waals surface area contributed by atoms with E-state index in [0.29, 0.717) is 12.0 Å². The summed E-state index contributed by atoms with van der Waals surface area (Å²) in [4.78, 5) is -0.0598. The SMILES string of the molecule is CCCc1cccc2ccc(S(=O)(=O)[O-])c(CCC)c12.[Na+]. The molecule has 0 aliphatic rings. The third-order valence-corrected chi connectivity index (χ3v) is 4.41. The molecule has 0 N–H and O–H groups in total. The van der Waals surface area contributed by atoms with Gasteiger partial charge in [-0.05, 0) is 40.8 Å². The summed E-state index contributed by atoms with van der Waals surface area (Å²) in [7, 11) is -4.43. The van der Waals surface area contributed by atoms with Crippen molar-refractivity contribution in [2.75, 3.05) is 0 Å². The van der Waals surface area contributed by atoms with Gasteiger partial charge in [-0.2, -0.15) is 0 Å². The van der Waals surface area contributed by atoms with Crippen LogP contribution in [0, 0.1) is 0 Å². The van der Waals surface area contributed by atoms with Gasteiger partial charge in [-0.3, -0.25) is 0 Å². The van der Waals surface area contributed by atoms with Gasteiger partial charge in [-0.25, -0.2) is 8.42 Å². The van der Waals surface area contributed by atoms with Gasteiger partial charge in [0, 0.05) is 0 Å². The fraction of sp³-hybridized carbons (Fsp3) is 0.375. The summed E-state index contributed by atoms with van der Waals surface area (Å²) in [6.07, 6.45) is 3.28. The van der Waals surface area contributed by atoms with Gasteiger partial charge >= 0.3 is 29.6 Å². The second-order valence-corrected chi connectivity index (χ2v) is 6.36. The average Bonchev–Trinajstić information content (AvgIpc) is 2.38. The van der Waals surface area contributed by atoms with E-state index in [0.717, 1.165) is 35.6 Å². The topological polar surface area (TPSA) is 57.2 Å². The van der Waals surface area contributed by atoms with Crippen LogP contribution in [0.25, 0.3) is 10.8 Å². The third kappa shape index (κ3) is 4.08. The van der Waals surface area contributed by atoms with Gasteiger partial charge in [0.1, 0.15) is 10.1 Å². The zero-order valence-electron chi connectivity index (χ0n) is 12.8. The Balaban J connectivity index is 0.00000220. The summed E-state index contributed by atoms with van der Waals surface area (Å²) in [5.41, 5.74) is 1.81. The first-order valence-corrected chi connectivity index (χ1v) is 8.39. The first-order chi connectivity index (χ1) is 9.49. The number of fused-ring (bicyclic) bond motifs is 1. The van der Waals surface area contributed by atoms with Crippen molar-refractivity contribution in [2.45, 2.75) is 44.4 Å². The van der Waals surface area contributed by atoms with E-state index < -0.39 is 10.1 Å². The van der Waals surface area contributed by atoms with Crippen LogP contribution in [0.5, 0.6) is 0 Å². The first kappa shape index (κ1) is 18.7. The van der Waals surface area contributed by atoms with Crippen LogP contribution in [-0.2, 0) is 23.0 Å². The van der Waals surface area contributed by atoms with Crippen molar-refractivity contribution < 1.29 is 42.5 Å². The van der Waals surface area contributed by atoms with Gasteiger partial charge in [0.2, 0.25) is 0 Å². The van der Waals surface area contributed by atoms with E-state index in [1.54, 1.807) is 6.07 Å². The smallest absolute Gasteiger partial charge is 0.744 e. The van der Waals surface area contributed by atoms with Gasteiger partial charge in [-0.1, -0.05) is 51.0 Å². The third-order valence-electron chi connectivity index (χ3n) is 3.49. The van der Waals surface area contributed by atoms with Gasteiger partial charge in [0.15, 0.2) is 0 Å². The number of rotatable bonds is 5. The number of aryl methyl sites for hydroxylation is 2. The van der Waals surface area contributed by atoms with Gasteiger partial charge in [0.25, 0.3) is 0 Å². The molecule has 2 aromatic carbocycles. The summed E-state index contributed by atoms with van der Waals surface area (Å²) in [6, 6.07) is 9.15. The minimum atomic E-state index is -4.43. The van der Waals surface area contributed by atoms with E-state index in [1.165, 1.54) is 6.07 Å². The van der Waals surface area contributed by atoms with Crippen LogP contribution >= 0.6 is 0 Å². The molecule has 0 radical (unpaired) electrons. The molecule has 0 atom stereocenters. The van der Waals surface area contributed by atoms with Crippen LogP contribution in [-0.4, -0.2) is 13.0 Å². The molecule has 0 saturated carbocycles. The van der Waals surface area contributed by atoms with Gasteiger partial charge < -0.3 is 4.55 Å². The van der Waals surface area contributed by atoms with Crippen molar-refractivity contribution in [3.8, 4) is 0 Å². The van der Waals surface area contributed by atoms with Crippen molar-refractivity contribution in [3.05, 3.63) is 41.5 Å². The van der Waals surface area contributed by atoms with Gasteiger partial charge in [-0.15, -0.1) is 0 Å². The van der Waals surface area contributed by atoms with E-state index in [4.69, 9.17) is 0 Å². The van der Waals surface area contributed by atoms with Crippen molar-refractivity contribution in [2.24, 2.45) is 0 Å². The largest absolute Gasteiger partial charge is 1.00 e. The second-order valence-electron chi connectivity index (χ2n) is 5.01. The first-order valence-electron chi connectivity index (χ1n) is 6.98. The van der Waals surface area contributed by atoms with Crippen LogP contribution in [0.4, 0.5) is 0 Å². The zero-order chi connectivity index (χ0) is 14.8. The van der Waals surface area contributed by atoms with Crippen molar-refractivity contribution in [1.82, 2.24) is 0 Å². The average molecular weight is 314 g/mol. The molecular weight excluding hydrogens is 295 g/mol. The predicted octanol–water partition coefficient (Wildman–Crippen LogP) is 0.653. The van der Waals surface area contributed by atoms with Crippen LogP contribution in [0.15, 0.2) is 35.2 Å². The maximum absolute atomic E-state index is 11.5. The maximum Gasteiger partial charge on any atom is 1.00 e. The molecule has 2 aromatic rings. The Morgan fingerprint density at radius 2 is 1.67 bits per heavy atom. The molecule has 0 aliphatic carbocycles. The van der Waals surface area contributed by atoms with Crippen LogP contribution in [0.3, 0.4) is 0 Å². The Labute approximate surface area is 148 Å². The van der Waals surface area contributed by atoms with Crippen molar-refractivity contribution in [1.29, 1.82) is 0 Å². The molecule has 0 fully saturated rings. The van der Waals surface area contributed by atoms with Crippen molar-refractivity contribution >= 4 is 20.9 Å². The molecule has 0 aliphatic heterocycles. The molecule has 0 amide bonds. The molecule has 0 bridgehead atoms. The van der Waals surface area contributed by atoms with E-state index in [1.807, 2.05) is 25.1 Å². The molecule has 0 saturated heterocycles. The Morgan fingerprint density at radius 1 is 1.00 bits per heavy atom. The Morgan fingerprint density at radius 3 is 2.24 bits per heavy atom. The second kappa shape index (κ2) is 7.75. The quantitative estimate of drug-likeness (QED) is 0.601. The predicted molar refractivity (Wildman–Crippen MR) is 79.9 cm³/mol. The molecule has 108 valence electrons. The summed E-state index contributed by atoms with van der Waals surface area (Å²) in [5, 5.41) is 1.96. The zero-order valence-corrected chi connectivity index (χ0v) is 15.7. The molecular formula is C16H19NaO3S. The number of hydrogen-bond donors (Lipinski definition) is 0. The molecule has 3 nitrogen and oxygen atoms in total. The molecule has 21 heavy (non-hydrogen) atoms. The van der Waals surface area contributed by atoms with Crippen LogP contribution in [0.1, 0.15) is 37.8 Å². The molecule has 0 aromatic heterocycles. The minimum Gasteiger partial charge on any atom is -0.744 e. The maximum atomic E-state index is 11.5.